The number of rotatable bonds is 8. The van der Waals surface area contributed by atoms with Crippen molar-refractivity contribution in [3.63, 3.8) is 0 Å². The van der Waals surface area contributed by atoms with E-state index in [2.05, 4.69) is 0 Å². The molecule has 0 saturated carbocycles. The number of benzene rings is 1. The molecule has 1 aromatic rings. The Morgan fingerprint density at radius 3 is 2.58 bits per heavy atom. The van der Waals surface area contributed by atoms with Crippen molar-refractivity contribution in [1.29, 1.82) is 0 Å². The molecule has 6 heteroatoms. The minimum atomic E-state index is -3.07. The average molecular weight is 286 g/mol. The quantitative estimate of drug-likeness (QED) is 0.680. The van der Waals surface area contributed by atoms with Gasteiger partial charge in [0.05, 0.1) is 24.2 Å². The van der Waals surface area contributed by atoms with Gasteiger partial charge in [-0.2, -0.15) is 0 Å². The zero-order valence-electron chi connectivity index (χ0n) is 11.1. The summed E-state index contributed by atoms with van der Waals surface area (Å²) in [5.74, 6) is 1.01. The Balaban J connectivity index is 2.65. The lowest BCUT2D eigenvalue weighted by atomic mass is 10.2. The molecular formula is C13H18O5S. The Bertz CT molecular complexity index is 522. The molecule has 0 aliphatic heterocycles. The van der Waals surface area contributed by atoms with E-state index in [1.54, 1.807) is 18.2 Å². The number of hydrogen-bond acceptors (Lipinski definition) is 5. The first-order chi connectivity index (χ1) is 9.02. The molecule has 0 unspecified atom stereocenters. The van der Waals surface area contributed by atoms with Gasteiger partial charge in [0, 0.05) is 0 Å². The van der Waals surface area contributed by atoms with E-state index < -0.39 is 9.84 Å². The summed E-state index contributed by atoms with van der Waals surface area (Å²) in [6, 6.07) is 4.79. The van der Waals surface area contributed by atoms with Crippen molar-refractivity contribution in [2.75, 3.05) is 25.2 Å². The van der Waals surface area contributed by atoms with Crippen molar-refractivity contribution in [1.82, 2.24) is 0 Å². The van der Waals surface area contributed by atoms with Crippen LogP contribution in [-0.2, 0) is 9.84 Å². The van der Waals surface area contributed by atoms with E-state index in [4.69, 9.17) is 9.47 Å². The summed E-state index contributed by atoms with van der Waals surface area (Å²) in [5.41, 5.74) is 0.340. The number of carbonyl (C=O) groups is 1. The number of aldehydes is 1. The van der Waals surface area contributed by atoms with E-state index in [-0.39, 0.29) is 18.1 Å². The second-order valence-corrected chi connectivity index (χ2v) is 6.33. The molecule has 0 bridgehead atoms. The molecule has 0 spiro atoms. The fourth-order valence-corrected chi connectivity index (χ4v) is 2.73. The highest BCUT2D eigenvalue weighted by Gasteiger charge is 2.11. The van der Waals surface area contributed by atoms with E-state index >= 15 is 0 Å². The van der Waals surface area contributed by atoms with Crippen LogP contribution in [0.1, 0.15) is 23.7 Å². The van der Waals surface area contributed by atoms with Crippen LogP contribution in [0.5, 0.6) is 11.5 Å². The number of sulfone groups is 1. The summed E-state index contributed by atoms with van der Waals surface area (Å²) < 4.78 is 33.3. The zero-order chi connectivity index (χ0) is 14.3. The highest BCUT2D eigenvalue weighted by molar-refractivity contribution is 7.91. The van der Waals surface area contributed by atoms with Gasteiger partial charge in [0.15, 0.2) is 16.1 Å². The van der Waals surface area contributed by atoms with Gasteiger partial charge in [-0.05, 0) is 24.6 Å². The Morgan fingerprint density at radius 2 is 2.00 bits per heavy atom. The standard InChI is InChI=1S/C13H18O5S/c1-3-7-19(15,16)8-6-18-13-5-4-12(17-2)9-11(13)10-14/h4-5,9-10H,3,6-8H2,1-2H3. The molecule has 0 heterocycles. The van der Waals surface area contributed by atoms with Crippen LogP contribution >= 0.6 is 0 Å². The van der Waals surface area contributed by atoms with Gasteiger partial charge < -0.3 is 9.47 Å². The topological polar surface area (TPSA) is 69.7 Å². The molecule has 1 aromatic carbocycles. The molecule has 1 rings (SSSR count). The van der Waals surface area contributed by atoms with Crippen LogP contribution in [0.2, 0.25) is 0 Å². The largest absolute Gasteiger partial charge is 0.497 e. The van der Waals surface area contributed by atoms with E-state index in [0.29, 0.717) is 29.8 Å². The van der Waals surface area contributed by atoms with Crippen molar-refractivity contribution in [3.8, 4) is 11.5 Å². The van der Waals surface area contributed by atoms with E-state index in [1.165, 1.54) is 7.11 Å². The van der Waals surface area contributed by atoms with Gasteiger partial charge in [0.2, 0.25) is 0 Å². The molecule has 0 amide bonds. The highest BCUT2D eigenvalue weighted by Crippen LogP contribution is 2.22. The molecule has 19 heavy (non-hydrogen) atoms. The number of methoxy groups -OCH3 is 1. The monoisotopic (exact) mass is 286 g/mol. The predicted octanol–water partition coefficient (Wildman–Crippen LogP) is 1.71. The normalized spacial score (nSPS) is 11.1. The van der Waals surface area contributed by atoms with Crippen LogP contribution < -0.4 is 9.47 Å². The van der Waals surface area contributed by atoms with Gasteiger partial charge in [0.25, 0.3) is 0 Å². The summed E-state index contributed by atoms with van der Waals surface area (Å²) in [6.07, 6.45) is 1.24. The first-order valence-corrected chi connectivity index (χ1v) is 7.81. The fraction of sp³-hybridized carbons (Fsp3) is 0.462. The lowest BCUT2D eigenvalue weighted by molar-refractivity contribution is 0.111. The van der Waals surface area contributed by atoms with Gasteiger partial charge >= 0.3 is 0 Å². The van der Waals surface area contributed by atoms with Gasteiger partial charge in [-0.3, -0.25) is 4.79 Å². The number of hydrogen-bond donors (Lipinski definition) is 0. The van der Waals surface area contributed by atoms with Gasteiger partial charge in [0.1, 0.15) is 18.1 Å². The van der Waals surface area contributed by atoms with Crippen molar-refractivity contribution >= 4 is 16.1 Å². The maximum atomic E-state index is 11.5. The van der Waals surface area contributed by atoms with Crippen LogP contribution in [0.4, 0.5) is 0 Å². The van der Waals surface area contributed by atoms with Gasteiger partial charge in [-0.25, -0.2) is 8.42 Å². The lowest BCUT2D eigenvalue weighted by Gasteiger charge is -2.09. The lowest BCUT2D eigenvalue weighted by Crippen LogP contribution is -2.17. The maximum Gasteiger partial charge on any atom is 0.153 e. The van der Waals surface area contributed by atoms with Crippen molar-refractivity contribution in [2.24, 2.45) is 0 Å². The van der Waals surface area contributed by atoms with Crippen LogP contribution in [0.3, 0.4) is 0 Å². The second kappa shape index (κ2) is 7.13. The molecule has 0 N–H and O–H groups in total. The average Bonchev–Trinajstić information content (AvgIpc) is 2.38. The van der Waals surface area contributed by atoms with E-state index in [9.17, 15) is 13.2 Å². The van der Waals surface area contributed by atoms with Crippen LogP contribution in [0.25, 0.3) is 0 Å². The third kappa shape index (κ3) is 4.90. The molecular weight excluding hydrogens is 268 g/mol. The number of ether oxygens (including phenoxy) is 2. The van der Waals surface area contributed by atoms with Crippen LogP contribution in [0.15, 0.2) is 18.2 Å². The summed E-state index contributed by atoms with van der Waals surface area (Å²) >= 11 is 0. The Labute approximate surface area is 113 Å². The number of carbonyl (C=O) groups excluding carboxylic acids is 1. The Kier molecular flexibility index (Phi) is 5.82. The molecule has 0 aromatic heterocycles. The van der Waals surface area contributed by atoms with Crippen LogP contribution in [-0.4, -0.2) is 39.9 Å². The first-order valence-electron chi connectivity index (χ1n) is 5.99. The summed E-state index contributed by atoms with van der Waals surface area (Å²) in [4.78, 5) is 10.9. The highest BCUT2D eigenvalue weighted by atomic mass is 32.2. The molecule has 0 aliphatic rings. The minimum absolute atomic E-state index is 0.0372. The third-order valence-electron chi connectivity index (χ3n) is 2.51. The van der Waals surface area contributed by atoms with Crippen molar-refractivity contribution in [2.45, 2.75) is 13.3 Å². The smallest absolute Gasteiger partial charge is 0.153 e. The SMILES string of the molecule is CCCS(=O)(=O)CCOc1ccc(OC)cc1C=O. The molecule has 0 atom stereocenters. The molecule has 0 radical (unpaired) electrons. The van der Waals surface area contributed by atoms with Crippen molar-refractivity contribution in [3.05, 3.63) is 23.8 Å². The summed E-state index contributed by atoms with van der Waals surface area (Å²) in [7, 11) is -1.57. The fourth-order valence-electron chi connectivity index (χ4n) is 1.57. The van der Waals surface area contributed by atoms with Gasteiger partial charge in [-0.15, -0.1) is 0 Å². The molecule has 0 saturated heterocycles. The molecule has 0 fully saturated rings. The van der Waals surface area contributed by atoms with Gasteiger partial charge in [-0.1, -0.05) is 6.92 Å². The van der Waals surface area contributed by atoms with E-state index in [0.717, 1.165) is 0 Å². The zero-order valence-corrected chi connectivity index (χ0v) is 11.9. The van der Waals surface area contributed by atoms with Crippen molar-refractivity contribution < 1.29 is 22.7 Å². The second-order valence-electron chi connectivity index (χ2n) is 4.02. The molecule has 0 aliphatic carbocycles. The summed E-state index contributed by atoms with van der Waals surface area (Å²) in [5, 5.41) is 0. The predicted molar refractivity (Wildman–Crippen MR) is 72.8 cm³/mol. The molecule has 106 valence electrons. The summed E-state index contributed by atoms with van der Waals surface area (Å²) in [6.45, 7) is 1.85. The first kappa shape index (κ1) is 15.5. The van der Waals surface area contributed by atoms with Crippen LogP contribution in [0, 0.1) is 0 Å². The molecule has 5 nitrogen and oxygen atoms in total. The third-order valence-corrected chi connectivity index (χ3v) is 4.33. The Hall–Kier alpha value is -1.56. The minimum Gasteiger partial charge on any atom is -0.497 e. The maximum absolute atomic E-state index is 11.5. The Morgan fingerprint density at radius 1 is 1.26 bits per heavy atom. The van der Waals surface area contributed by atoms with E-state index in [1.807, 2.05) is 6.92 Å².